The van der Waals surface area contributed by atoms with Crippen LogP contribution in [0.3, 0.4) is 0 Å². The van der Waals surface area contributed by atoms with Gasteiger partial charge in [-0.05, 0) is 37.5 Å². The fourth-order valence-corrected chi connectivity index (χ4v) is 3.79. The van der Waals surface area contributed by atoms with Gasteiger partial charge in [0.05, 0.1) is 17.2 Å². The highest BCUT2D eigenvalue weighted by molar-refractivity contribution is 5.95. The average molecular weight is 466 g/mol. The molecule has 1 atom stereocenters. The number of hydrogen-bond donors (Lipinski definition) is 1. The van der Waals surface area contributed by atoms with Gasteiger partial charge in [-0.15, -0.1) is 13.2 Å². The van der Waals surface area contributed by atoms with Gasteiger partial charge in [0.1, 0.15) is 11.6 Å². The first-order valence-corrected chi connectivity index (χ1v) is 10.2. The number of fused-ring (bicyclic) bond motifs is 1. The predicted molar refractivity (Wildman–Crippen MR) is 110 cm³/mol. The summed E-state index contributed by atoms with van der Waals surface area (Å²) in [6.45, 7) is 0.748. The molecule has 1 amide bonds. The summed E-state index contributed by atoms with van der Waals surface area (Å²) in [5.41, 5.74) is 0.471. The molecule has 0 saturated carbocycles. The zero-order valence-corrected chi connectivity index (χ0v) is 17.2. The molecule has 1 aliphatic heterocycles. The third-order valence-electron chi connectivity index (χ3n) is 5.31. The second kappa shape index (κ2) is 9.16. The second-order valence-corrected chi connectivity index (χ2v) is 7.61. The number of alkyl halides is 3. The lowest BCUT2D eigenvalue weighted by Crippen LogP contribution is -2.47. The van der Waals surface area contributed by atoms with E-state index in [0.29, 0.717) is 25.3 Å². The fraction of sp³-hybridized carbons (Fsp3) is 0.318. The Labute approximate surface area is 185 Å². The Morgan fingerprint density at radius 1 is 1.12 bits per heavy atom. The minimum absolute atomic E-state index is 0.0895. The van der Waals surface area contributed by atoms with Crippen molar-refractivity contribution in [2.24, 2.45) is 0 Å². The molecule has 4 rings (SSSR count). The van der Waals surface area contributed by atoms with E-state index in [1.54, 1.807) is 4.90 Å². The first kappa shape index (κ1) is 22.7. The molecule has 2 heterocycles. The first-order valence-electron chi connectivity index (χ1n) is 10.2. The van der Waals surface area contributed by atoms with Gasteiger partial charge in [-0.1, -0.05) is 6.07 Å². The molecule has 0 aliphatic carbocycles. The topological polar surface area (TPSA) is 67.3 Å². The quantitative estimate of drug-likeness (QED) is 0.541. The van der Waals surface area contributed by atoms with Crippen LogP contribution in [0.1, 0.15) is 29.6 Å². The van der Waals surface area contributed by atoms with Crippen molar-refractivity contribution in [3.63, 3.8) is 0 Å². The fourth-order valence-electron chi connectivity index (χ4n) is 3.79. The van der Waals surface area contributed by atoms with E-state index in [9.17, 15) is 26.7 Å². The average Bonchev–Trinajstić information content (AvgIpc) is 2.77. The third kappa shape index (κ3) is 5.47. The highest BCUT2D eigenvalue weighted by Crippen LogP contribution is 2.26. The van der Waals surface area contributed by atoms with E-state index in [4.69, 9.17) is 0 Å². The normalized spacial score (nSPS) is 16.6. The number of likely N-dealkylation sites (tertiary alicyclic amines) is 1. The summed E-state index contributed by atoms with van der Waals surface area (Å²) in [5.74, 6) is -2.59. The summed E-state index contributed by atoms with van der Waals surface area (Å²) in [7, 11) is 0. The molecular weight excluding hydrogens is 447 g/mol. The van der Waals surface area contributed by atoms with E-state index in [1.807, 2.05) is 0 Å². The lowest BCUT2D eigenvalue weighted by atomic mass is 10.0. The Hall–Kier alpha value is -3.50. The number of benzene rings is 2. The summed E-state index contributed by atoms with van der Waals surface area (Å²) < 4.78 is 68.3. The van der Waals surface area contributed by atoms with Crippen LogP contribution in [0.5, 0.6) is 5.75 Å². The highest BCUT2D eigenvalue weighted by Gasteiger charge is 2.32. The minimum Gasteiger partial charge on any atom is -0.406 e. The van der Waals surface area contributed by atoms with E-state index in [-0.39, 0.29) is 22.6 Å². The summed E-state index contributed by atoms with van der Waals surface area (Å²) in [5, 5.41) is 3.06. The number of carbonyl (C=O) groups excluding carboxylic acids is 1. The first-order chi connectivity index (χ1) is 15.7. The SMILES string of the molecule is O=C(c1cccc(OC(F)(F)F)c1)N1CCCCC1CNc1cnc2cc(F)c(F)cc2n1. The monoisotopic (exact) mass is 466 g/mol. The summed E-state index contributed by atoms with van der Waals surface area (Å²) in [6, 6.07) is 6.63. The van der Waals surface area contributed by atoms with Crippen molar-refractivity contribution in [2.45, 2.75) is 31.7 Å². The molecule has 3 aromatic rings. The van der Waals surface area contributed by atoms with E-state index < -0.39 is 29.7 Å². The Balaban J connectivity index is 1.47. The molecule has 1 fully saturated rings. The third-order valence-corrected chi connectivity index (χ3v) is 5.31. The van der Waals surface area contributed by atoms with Crippen LogP contribution in [0.15, 0.2) is 42.6 Å². The highest BCUT2D eigenvalue weighted by atomic mass is 19.4. The summed E-state index contributed by atoms with van der Waals surface area (Å²) >= 11 is 0. The number of ether oxygens (including phenoxy) is 1. The lowest BCUT2D eigenvalue weighted by Gasteiger charge is -2.36. The number of piperidine rings is 1. The van der Waals surface area contributed by atoms with Crippen LogP contribution >= 0.6 is 0 Å². The van der Waals surface area contributed by atoms with Gasteiger partial charge in [0, 0.05) is 36.8 Å². The van der Waals surface area contributed by atoms with E-state index >= 15 is 0 Å². The van der Waals surface area contributed by atoms with Crippen LogP contribution in [0.25, 0.3) is 11.0 Å². The molecular formula is C22H19F5N4O2. The predicted octanol–water partition coefficient (Wildman–Crippen LogP) is 4.91. The van der Waals surface area contributed by atoms with Gasteiger partial charge in [-0.3, -0.25) is 9.78 Å². The molecule has 2 aromatic carbocycles. The Kier molecular flexibility index (Phi) is 6.30. The van der Waals surface area contributed by atoms with Crippen LogP contribution in [0.4, 0.5) is 27.8 Å². The molecule has 33 heavy (non-hydrogen) atoms. The van der Waals surface area contributed by atoms with Crippen LogP contribution in [-0.4, -0.2) is 46.3 Å². The number of carbonyl (C=O) groups is 1. The molecule has 6 nitrogen and oxygen atoms in total. The zero-order chi connectivity index (χ0) is 23.6. The number of aromatic nitrogens is 2. The van der Waals surface area contributed by atoms with Gasteiger partial charge in [0.25, 0.3) is 5.91 Å². The second-order valence-electron chi connectivity index (χ2n) is 7.61. The zero-order valence-electron chi connectivity index (χ0n) is 17.2. The molecule has 1 aromatic heterocycles. The van der Waals surface area contributed by atoms with Crippen molar-refractivity contribution in [2.75, 3.05) is 18.4 Å². The lowest BCUT2D eigenvalue weighted by molar-refractivity contribution is -0.274. The summed E-state index contributed by atoms with van der Waals surface area (Å²) in [4.78, 5) is 22.9. The maximum atomic E-state index is 13.5. The van der Waals surface area contributed by atoms with E-state index in [0.717, 1.165) is 37.1 Å². The van der Waals surface area contributed by atoms with Crippen molar-refractivity contribution in [1.82, 2.24) is 14.9 Å². The molecule has 1 saturated heterocycles. The van der Waals surface area contributed by atoms with Crippen molar-refractivity contribution < 1.29 is 31.5 Å². The number of halogens is 5. The maximum absolute atomic E-state index is 13.5. The minimum atomic E-state index is -4.85. The number of nitrogens with zero attached hydrogens (tertiary/aromatic N) is 3. The molecule has 0 bridgehead atoms. The molecule has 1 N–H and O–H groups in total. The van der Waals surface area contributed by atoms with E-state index in [1.165, 1.54) is 18.3 Å². The van der Waals surface area contributed by atoms with Gasteiger partial charge >= 0.3 is 6.36 Å². The molecule has 1 aliphatic rings. The molecule has 11 heteroatoms. The van der Waals surface area contributed by atoms with Gasteiger partial charge in [0.2, 0.25) is 0 Å². The van der Waals surface area contributed by atoms with Crippen LogP contribution in [0, 0.1) is 11.6 Å². The van der Waals surface area contributed by atoms with Gasteiger partial charge in [0.15, 0.2) is 11.6 Å². The van der Waals surface area contributed by atoms with Gasteiger partial charge in [-0.2, -0.15) is 0 Å². The summed E-state index contributed by atoms with van der Waals surface area (Å²) in [6.07, 6.45) is -1.15. The number of nitrogens with one attached hydrogen (secondary N) is 1. The number of amides is 1. The van der Waals surface area contributed by atoms with Gasteiger partial charge in [-0.25, -0.2) is 13.8 Å². The van der Waals surface area contributed by atoms with Crippen molar-refractivity contribution in [1.29, 1.82) is 0 Å². The molecule has 0 radical (unpaired) electrons. The van der Waals surface area contributed by atoms with Crippen LogP contribution < -0.4 is 10.1 Å². The molecule has 1 unspecified atom stereocenters. The number of hydrogen-bond acceptors (Lipinski definition) is 5. The smallest absolute Gasteiger partial charge is 0.406 e. The van der Waals surface area contributed by atoms with Crippen LogP contribution in [-0.2, 0) is 0 Å². The maximum Gasteiger partial charge on any atom is 0.573 e. The Bertz CT molecular complexity index is 1170. The number of rotatable bonds is 5. The standard InChI is InChI=1S/C22H19F5N4O2/c23-16-9-18-19(10-17(16)24)30-20(12-28-18)29-11-14-5-1-2-7-31(14)21(32)13-4-3-6-15(8-13)33-22(25,26)27/h3-4,6,8-10,12,14H,1-2,5,7,11H2,(H,29,30). The van der Waals surface area contributed by atoms with Gasteiger partial charge < -0.3 is 15.0 Å². The number of anilines is 1. The van der Waals surface area contributed by atoms with Crippen molar-refractivity contribution >= 4 is 22.8 Å². The molecule has 174 valence electrons. The van der Waals surface area contributed by atoms with Crippen molar-refractivity contribution in [3.05, 3.63) is 59.8 Å². The Morgan fingerprint density at radius 3 is 2.64 bits per heavy atom. The van der Waals surface area contributed by atoms with E-state index in [2.05, 4.69) is 20.0 Å². The molecule has 0 spiro atoms. The Morgan fingerprint density at radius 2 is 1.88 bits per heavy atom. The van der Waals surface area contributed by atoms with Crippen LogP contribution in [0.2, 0.25) is 0 Å². The largest absolute Gasteiger partial charge is 0.573 e. The van der Waals surface area contributed by atoms with Crippen molar-refractivity contribution in [3.8, 4) is 5.75 Å².